The van der Waals surface area contributed by atoms with Gasteiger partial charge in [0.1, 0.15) is 21.7 Å². The average molecular weight is 757 g/mol. The van der Waals surface area contributed by atoms with E-state index >= 15 is 0 Å². The van der Waals surface area contributed by atoms with E-state index in [2.05, 4.69) is 20.0 Å². The van der Waals surface area contributed by atoms with Gasteiger partial charge in [0.25, 0.3) is 0 Å². The predicted molar refractivity (Wildman–Crippen MR) is 168 cm³/mol. The molecule has 7 aromatic rings. The molecule has 0 unspecified atom stereocenters. The lowest BCUT2D eigenvalue weighted by molar-refractivity contribution is -0.144. The summed E-state index contributed by atoms with van der Waals surface area (Å²) in [6.07, 6.45) is -17.3. The highest BCUT2D eigenvalue weighted by atomic mass is 19.4. The van der Waals surface area contributed by atoms with E-state index in [0.29, 0.717) is 24.3 Å². The van der Waals surface area contributed by atoms with Crippen molar-refractivity contribution in [3.8, 4) is 34.6 Å². The number of benzene rings is 4. The number of nitriles is 2. The molecule has 0 bridgehead atoms. The number of aromatic nitrogens is 2. The highest BCUT2D eigenvalue weighted by Gasteiger charge is 2.38. The molecular formula is C36H12F12N6. The molecule has 0 aliphatic rings. The van der Waals surface area contributed by atoms with Crippen molar-refractivity contribution in [1.82, 2.24) is 9.97 Å². The lowest BCUT2D eigenvalue weighted by atomic mass is 9.98. The number of alkyl halides is 12. The lowest BCUT2D eigenvalue weighted by Crippen LogP contribution is -2.11. The zero-order valence-electron chi connectivity index (χ0n) is 26.1. The Morgan fingerprint density at radius 2 is 0.704 bits per heavy atom. The van der Waals surface area contributed by atoms with Crippen molar-refractivity contribution in [2.75, 3.05) is 0 Å². The second-order valence-electron chi connectivity index (χ2n) is 11.8. The third kappa shape index (κ3) is 6.09. The molecule has 7 rings (SSSR count). The summed E-state index contributed by atoms with van der Waals surface area (Å²) >= 11 is 0. The Morgan fingerprint density at radius 3 is 0.981 bits per heavy atom. The Kier molecular flexibility index (Phi) is 7.95. The standard InChI is InChI=1S/C36H12F12N6/c37-33(38,39)19-5-17(6-20(11-19)34(40,41)42)15-1-3-23-25(9-15)27(51-13-49)31-29(23)53-32-28(52-14-50)26-10-16(2-4-24(26)30(32)54-31)18-7-21(35(43,44)45)12-22(8-18)36(46,47)48/h1-12H/b51-27-,52-28+. The van der Waals surface area contributed by atoms with Gasteiger partial charge < -0.3 is 0 Å². The van der Waals surface area contributed by atoms with Crippen LogP contribution in [-0.4, -0.2) is 9.97 Å². The van der Waals surface area contributed by atoms with Gasteiger partial charge >= 0.3 is 24.7 Å². The second-order valence-corrected chi connectivity index (χ2v) is 11.8. The monoisotopic (exact) mass is 756 g/mol. The molecule has 6 nitrogen and oxygen atoms in total. The van der Waals surface area contributed by atoms with E-state index < -0.39 is 58.1 Å². The van der Waals surface area contributed by atoms with Gasteiger partial charge in [0.15, 0.2) is 0 Å². The van der Waals surface area contributed by atoms with Crippen LogP contribution < -0.4 is 10.7 Å². The van der Waals surface area contributed by atoms with Crippen LogP contribution in [0.4, 0.5) is 52.7 Å². The quantitative estimate of drug-likeness (QED) is 0.130. The fraction of sp³-hybridized carbons (Fsp3) is 0.111. The fourth-order valence-corrected chi connectivity index (χ4v) is 6.22. The van der Waals surface area contributed by atoms with Crippen molar-refractivity contribution in [2.45, 2.75) is 24.7 Å². The van der Waals surface area contributed by atoms with Crippen molar-refractivity contribution < 1.29 is 52.7 Å². The smallest absolute Gasteiger partial charge is 0.241 e. The Hall–Kier alpha value is -6.56. The molecule has 6 aromatic carbocycles. The third-order valence-electron chi connectivity index (χ3n) is 8.57. The maximum Gasteiger partial charge on any atom is 0.416 e. The van der Waals surface area contributed by atoms with Crippen LogP contribution in [0.3, 0.4) is 0 Å². The van der Waals surface area contributed by atoms with Gasteiger partial charge in [-0.3, -0.25) is 0 Å². The largest absolute Gasteiger partial charge is 0.416 e. The minimum absolute atomic E-state index is 0.0226. The summed E-state index contributed by atoms with van der Waals surface area (Å²) in [5, 5.41) is 19.3. The van der Waals surface area contributed by atoms with Gasteiger partial charge in [0.2, 0.25) is 12.4 Å². The number of nitrogens with zero attached hydrogens (tertiary/aromatic N) is 6. The molecule has 0 radical (unpaired) electrons. The number of rotatable bonds is 2. The molecule has 0 aliphatic carbocycles. The molecule has 54 heavy (non-hydrogen) atoms. The molecule has 0 saturated heterocycles. The SMILES string of the molecule is N#C/N=c1/c2cc(-c3cc(C(F)(F)F)cc(C(F)(F)F)c3)ccc2c2nc3/c(=N/C#N)c4cc(-c5cc(C(F)(F)F)cc(C(F)(F)F)c5)ccc4c3nc12. The highest BCUT2D eigenvalue weighted by Crippen LogP contribution is 2.41. The molecule has 18 heteroatoms. The molecule has 0 fully saturated rings. The molecule has 1 heterocycles. The Bertz CT molecular complexity index is 2650. The van der Waals surface area contributed by atoms with E-state index in [1.165, 1.54) is 36.4 Å². The highest BCUT2D eigenvalue weighted by molar-refractivity contribution is 6.15. The van der Waals surface area contributed by atoms with Gasteiger partial charge in [-0.25, -0.2) is 9.97 Å². The van der Waals surface area contributed by atoms with E-state index in [0.717, 1.165) is 0 Å². The zero-order valence-corrected chi connectivity index (χ0v) is 26.1. The minimum Gasteiger partial charge on any atom is -0.241 e. The Balaban J connectivity index is 1.48. The summed E-state index contributed by atoms with van der Waals surface area (Å²) in [6, 6.07) is 9.57. The van der Waals surface area contributed by atoms with Crippen LogP contribution in [0.1, 0.15) is 22.3 Å². The van der Waals surface area contributed by atoms with Gasteiger partial charge in [-0.15, -0.1) is 0 Å². The number of hydrogen-bond donors (Lipinski definition) is 0. The van der Waals surface area contributed by atoms with Crippen LogP contribution >= 0.6 is 0 Å². The minimum atomic E-state index is -5.12. The molecule has 270 valence electrons. The molecule has 0 spiro atoms. The van der Waals surface area contributed by atoms with Crippen LogP contribution in [-0.2, 0) is 24.7 Å². The topological polar surface area (TPSA) is 98.1 Å². The summed E-state index contributed by atoms with van der Waals surface area (Å²) in [5.74, 6) is 0. The van der Waals surface area contributed by atoms with E-state index in [-0.39, 0.29) is 77.6 Å². The fourth-order valence-electron chi connectivity index (χ4n) is 6.22. The van der Waals surface area contributed by atoms with Crippen molar-refractivity contribution in [1.29, 1.82) is 10.5 Å². The number of halogens is 12. The van der Waals surface area contributed by atoms with Gasteiger partial charge in [0.05, 0.1) is 33.3 Å². The Morgan fingerprint density at radius 1 is 0.389 bits per heavy atom. The van der Waals surface area contributed by atoms with Gasteiger partial charge in [-0.05, 0) is 70.8 Å². The second kappa shape index (κ2) is 12.0. The average Bonchev–Trinajstić information content (AvgIpc) is 3.56. The van der Waals surface area contributed by atoms with Gasteiger partial charge in [-0.2, -0.15) is 73.2 Å². The summed E-state index contributed by atoms with van der Waals surface area (Å²) < 4.78 is 163. The van der Waals surface area contributed by atoms with Crippen LogP contribution in [0.25, 0.3) is 65.9 Å². The maximum absolute atomic E-state index is 13.6. The molecule has 0 saturated carbocycles. The molecule has 0 N–H and O–H groups in total. The first kappa shape index (κ1) is 35.8. The van der Waals surface area contributed by atoms with Crippen LogP contribution in [0.5, 0.6) is 0 Å². The molecular weight excluding hydrogens is 744 g/mol. The van der Waals surface area contributed by atoms with Crippen molar-refractivity contribution in [3.05, 3.63) is 106 Å². The molecule has 0 aliphatic heterocycles. The predicted octanol–water partition coefficient (Wildman–Crippen LogP) is 10.1. The first-order valence-electron chi connectivity index (χ1n) is 14.9. The first-order valence-corrected chi connectivity index (χ1v) is 14.9. The number of fused-ring (bicyclic) bond motifs is 6. The molecule has 0 atom stereocenters. The summed E-state index contributed by atoms with van der Waals surface area (Å²) in [5.41, 5.74) is -7.39. The van der Waals surface area contributed by atoms with E-state index in [1.54, 1.807) is 12.4 Å². The maximum atomic E-state index is 13.6. The van der Waals surface area contributed by atoms with Gasteiger partial charge in [-0.1, -0.05) is 24.3 Å². The normalized spacial score (nSPS) is 13.7. The van der Waals surface area contributed by atoms with E-state index in [1.807, 2.05) is 0 Å². The Labute approximate surface area is 291 Å². The summed E-state index contributed by atoms with van der Waals surface area (Å²) in [7, 11) is 0. The number of hydrogen-bond acceptors (Lipinski definition) is 6. The van der Waals surface area contributed by atoms with Crippen molar-refractivity contribution in [2.24, 2.45) is 9.98 Å². The summed E-state index contributed by atoms with van der Waals surface area (Å²) in [6.45, 7) is 0. The summed E-state index contributed by atoms with van der Waals surface area (Å²) in [4.78, 5) is 16.8. The van der Waals surface area contributed by atoms with Crippen molar-refractivity contribution in [3.63, 3.8) is 0 Å². The van der Waals surface area contributed by atoms with E-state index in [4.69, 9.17) is 0 Å². The molecule has 1 aromatic heterocycles. The molecule has 0 amide bonds. The third-order valence-corrected chi connectivity index (χ3v) is 8.57. The van der Waals surface area contributed by atoms with E-state index in [9.17, 15) is 63.2 Å². The van der Waals surface area contributed by atoms with Gasteiger partial charge in [0, 0.05) is 21.5 Å². The van der Waals surface area contributed by atoms with Crippen molar-refractivity contribution >= 4 is 43.6 Å². The lowest BCUT2D eigenvalue weighted by Gasteiger charge is -2.14. The zero-order chi connectivity index (χ0) is 39.1. The van der Waals surface area contributed by atoms with Crippen LogP contribution in [0.2, 0.25) is 0 Å². The first-order chi connectivity index (χ1) is 25.2. The van der Waals surface area contributed by atoms with Crippen LogP contribution in [0.15, 0.2) is 82.8 Å². The van der Waals surface area contributed by atoms with Crippen LogP contribution in [0, 0.1) is 22.9 Å².